The molecule has 1 amide bonds. The van der Waals surface area contributed by atoms with Gasteiger partial charge in [0.15, 0.2) is 9.84 Å². The summed E-state index contributed by atoms with van der Waals surface area (Å²) in [6.45, 7) is 6.09. The molecule has 5 heterocycles. The van der Waals surface area contributed by atoms with Crippen LogP contribution in [0.25, 0.3) is 22.4 Å². The van der Waals surface area contributed by atoms with Crippen LogP contribution < -0.4 is 10.2 Å². The number of hydrogen-bond acceptors (Lipinski definition) is 10. The van der Waals surface area contributed by atoms with Crippen LogP contribution in [0.1, 0.15) is 35.5 Å². The van der Waals surface area contributed by atoms with Gasteiger partial charge in [-0.05, 0) is 61.9 Å². The lowest BCUT2D eigenvalue weighted by molar-refractivity contribution is -0.00545. The third kappa shape index (κ3) is 5.90. The van der Waals surface area contributed by atoms with E-state index in [9.17, 15) is 13.2 Å². The maximum atomic E-state index is 12.9. The molecule has 1 N–H and O–H groups in total. The monoisotopic (exact) mass is 574 g/mol. The number of pyridine rings is 2. The molecule has 3 aromatic heterocycles. The second-order valence-corrected chi connectivity index (χ2v) is 12.4. The van der Waals surface area contributed by atoms with Crippen LogP contribution in [0.3, 0.4) is 0 Å². The lowest BCUT2D eigenvalue weighted by atomic mass is 10.1. The van der Waals surface area contributed by atoms with Gasteiger partial charge in [0.05, 0.1) is 65.2 Å². The van der Waals surface area contributed by atoms with E-state index in [1.807, 2.05) is 30.3 Å². The molecule has 2 aliphatic heterocycles. The molecule has 0 saturated carbocycles. The van der Waals surface area contributed by atoms with Crippen molar-refractivity contribution in [2.24, 2.45) is 0 Å². The summed E-state index contributed by atoms with van der Waals surface area (Å²) in [5.74, 6) is 0.350. The number of benzene rings is 1. The zero-order valence-electron chi connectivity index (χ0n) is 22.8. The van der Waals surface area contributed by atoms with Crippen molar-refractivity contribution in [2.45, 2.75) is 44.1 Å². The number of morpholine rings is 1. The Morgan fingerprint density at radius 3 is 2.61 bits per heavy atom. The Morgan fingerprint density at radius 1 is 0.976 bits per heavy atom. The average Bonchev–Trinajstić information content (AvgIpc) is 3.12. The van der Waals surface area contributed by atoms with Crippen molar-refractivity contribution in [2.75, 3.05) is 30.3 Å². The summed E-state index contributed by atoms with van der Waals surface area (Å²) < 4.78 is 36.4. The van der Waals surface area contributed by atoms with Crippen molar-refractivity contribution >= 4 is 32.6 Å². The molecular weight excluding hydrogens is 544 g/mol. The number of fused-ring (bicyclic) bond motifs is 2. The molecule has 0 radical (unpaired) electrons. The number of hydrogen-bond donors (Lipinski definition) is 1. The van der Waals surface area contributed by atoms with Crippen LogP contribution in [0.15, 0.2) is 59.5 Å². The summed E-state index contributed by atoms with van der Waals surface area (Å²) in [6.07, 6.45) is 0.250. The molecule has 6 rings (SSSR count). The maximum Gasteiger partial charge on any atom is 0.251 e. The van der Waals surface area contributed by atoms with E-state index in [4.69, 9.17) is 19.4 Å². The molecule has 0 aliphatic carbocycles. The van der Waals surface area contributed by atoms with Gasteiger partial charge in [-0.25, -0.2) is 18.4 Å². The number of nitrogens with zero attached hydrogens (tertiary/aromatic N) is 5. The van der Waals surface area contributed by atoms with Gasteiger partial charge in [0.2, 0.25) is 0 Å². The summed E-state index contributed by atoms with van der Waals surface area (Å²) in [7, 11) is -3.52. The zero-order chi connectivity index (χ0) is 28.6. The number of sulfone groups is 1. The van der Waals surface area contributed by atoms with Crippen LogP contribution in [0.5, 0.6) is 0 Å². The van der Waals surface area contributed by atoms with Crippen LogP contribution in [-0.2, 0) is 32.5 Å². The SMILES string of the molecule is C[C@@H]1CN(c2cccc(-c3ccc4nnc(CNC(=O)c5ccc6c(c5)S(=O)(=O)CCOC6)cc4n3)n2)C[C@H](C)O1. The van der Waals surface area contributed by atoms with E-state index in [-0.39, 0.29) is 48.2 Å². The van der Waals surface area contributed by atoms with Crippen LogP contribution in [0.4, 0.5) is 5.82 Å². The number of carbonyl (C=O) groups excluding carboxylic acids is 1. The number of aromatic nitrogens is 4. The number of anilines is 1. The summed E-state index contributed by atoms with van der Waals surface area (Å²) in [5.41, 5.74) is 4.00. The molecule has 11 nitrogen and oxygen atoms in total. The Kier molecular flexibility index (Phi) is 7.37. The fourth-order valence-corrected chi connectivity index (χ4v) is 6.53. The summed E-state index contributed by atoms with van der Waals surface area (Å²) in [4.78, 5) is 24.9. The Hall–Kier alpha value is -4.00. The van der Waals surface area contributed by atoms with E-state index in [1.54, 1.807) is 18.2 Å². The number of ether oxygens (including phenoxy) is 2. The number of carbonyl (C=O) groups is 1. The van der Waals surface area contributed by atoms with Crippen molar-refractivity contribution in [1.29, 1.82) is 0 Å². The first-order chi connectivity index (χ1) is 19.7. The molecule has 41 heavy (non-hydrogen) atoms. The lowest BCUT2D eigenvalue weighted by Crippen LogP contribution is -2.45. The van der Waals surface area contributed by atoms with Gasteiger partial charge in [0.1, 0.15) is 11.3 Å². The van der Waals surface area contributed by atoms with Crippen LogP contribution in [-0.4, -0.2) is 72.1 Å². The molecule has 0 unspecified atom stereocenters. The average molecular weight is 575 g/mol. The van der Waals surface area contributed by atoms with Gasteiger partial charge in [0, 0.05) is 18.7 Å². The van der Waals surface area contributed by atoms with Crippen LogP contribution >= 0.6 is 0 Å². The number of nitrogens with one attached hydrogen (secondary N) is 1. The Balaban J connectivity index is 1.19. The summed E-state index contributed by atoms with van der Waals surface area (Å²) in [5, 5.41) is 11.3. The van der Waals surface area contributed by atoms with Gasteiger partial charge in [-0.15, -0.1) is 5.10 Å². The second kappa shape index (κ2) is 11.1. The minimum absolute atomic E-state index is 0.0990. The van der Waals surface area contributed by atoms with Crippen molar-refractivity contribution in [1.82, 2.24) is 25.5 Å². The topological polar surface area (TPSA) is 136 Å². The molecule has 0 bridgehead atoms. The van der Waals surface area contributed by atoms with Crippen molar-refractivity contribution in [3.63, 3.8) is 0 Å². The van der Waals surface area contributed by atoms with Gasteiger partial charge in [0.25, 0.3) is 5.91 Å². The molecule has 12 heteroatoms. The molecular formula is C29H30N6O5S. The summed E-state index contributed by atoms with van der Waals surface area (Å²) in [6, 6.07) is 16.0. The molecule has 1 aromatic carbocycles. The van der Waals surface area contributed by atoms with E-state index < -0.39 is 15.7 Å². The normalized spacial score (nSPS) is 20.3. The molecule has 0 spiro atoms. The molecule has 2 aliphatic rings. The highest BCUT2D eigenvalue weighted by molar-refractivity contribution is 7.91. The minimum Gasteiger partial charge on any atom is -0.376 e. The van der Waals surface area contributed by atoms with Gasteiger partial charge in [-0.1, -0.05) is 12.1 Å². The van der Waals surface area contributed by atoms with Crippen molar-refractivity contribution in [3.8, 4) is 11.4 Å². The second-order valence-electron chi connectivity index (χ2n) is 10.4. The van der Waals surface area contributed by atoms with Gasteiger partial charge >= 0.3 is 0 Å². The Labute approximate surface area is 237 Å². The van der Waals surface area contributed by atoms with Crippen molar-refractivity contribution in [3.05, 3.63) is 71.4 Å². The predicted molar refractivity (Wildman–Crippen MR) is 152 cm³/mol. The third-order valence-electron chi connectivity index (χ3n) is 7.08. The highest BCUT2D eigenvalue weighted by Gasteiger charge is 2.25. The zero-order valence-corrected chi connectivity index (χ0v) is 23.6. The lowest BCUT2D eigenvalue weighted by Gasteiger charge is -2.36. The first-order valence-electron chi connectivity index (χ1n) is 13.5. The van der Waals surface area contributed by atoms with E-state index in [1.165, 1.54) is 6.07 Å². The Morgan fingerprint density at radius 2 is 1.78 bits per heavy atom. The van der Waals surface area contributed by atoms with E-state index >= 15 is 0 Å². The third-order valence-corrected chi connectivity index (χ3v) is 8.84. The van der Waals surface area contributed by atoms with Gasteiger partial charge in [-0.3, -0.25) is 4.79 Å². The minimum atomic E-state index is -3.52. The highest BCUT2D eigenvalue weighted by atomic mass is 32.2. The fraction of sp³-hybridized carbons (Fsp3) is 0.345. The van der Waals surface area contributed by atoms with E-state index in [2.05, 4.69) is 34.3 Å². The van der Waals surface area contributed by atoms with E-state index in [0.29, 0.717) is 28.0 Å². The summed E-state index contributed by atoms with van der Waals surface area (Å²) >= 11 is 0. The highest BCUT2D eigenvalue weighted by Crippen LogP contribution is 2.25. The molecule has 4 aromatic rings. The molecule has 1 saturated heterocycles. The van der Waals surface area contributed by atoms with E-state index in [0.717, 1.165) is 24.6 Å². The van der Waals surface area contributed by atoms with Crippen molar-refractivity contribution < 1.29 is 22.7 Å². The van der Waals surface area contributed by atoms with Crippen LogP contribution in [0.2, 0.25) is 0 Å². The number of amides is 1. The first-order valence-corrected chi connectivity index (χ1v) is 15.1. The number of rotatable bonds is 5. The quantitative estimate of drug-likeness (QED) is 0.379. The Bertz CT molecular complexity index is 1720. The standard InChI is InChI=1S/C29H30N6O5S/c1-18-15-35(16-19(2)40-18)28-5-3-4-23(32-28)24-8-9-25-26(31-24)13-22(33-34-25)14-30-29(36)20-6-7-21-17-39-10-11-41(37,38)27(21)12-20/h3-9,12-13,18-19H,10-11,14-17H2,1-2H3,(H,30,36)/t18-,19+. The fourth-order valence-electron chi connectivity index (χ4n) is 5.14. The largest absolute Gasteiger partial charge is 0.376 e. The smallest absolute Gasteiger partial charge is 0.251 e. The first kappa shape index (κ1) is 27.2. The van der Waals surface area contributed by atoms with Gasteiger partial charge in [-0.2, -0.15) is 5.10 Å². The maximum absolute atomic E-state index is 12.9. The molecule has 2 atom stereocenters. The predicted octanol–water partition coefficient (Wildman–Crippen LogP) is 2.93. The molecule has 1 fully saturated rings. The van der Waals surface area contributed by atoms with Crippen LogP contribution in [0, 0.1) is 0 Å². The molecule has 212 valence electrons. The van der Waals surface area contributed by atoms with Gasteiger partial charge < -0.3 is 19.7 Å².